The smallest absolute Gasteiger partial charge is 0.226 e. The summed E-state index contributed by atoms with van der Waals surface area (Å²) in [6, 6.07) is 9.42. The predicted octanol–water partition coefficient (Wildman–Crippen LogP) is 3.67. The lowest BCUT2D eigenvalue weighted by atomic mass is 10.2. The SMILES string of the molecule is COc1cc(C)ccc1Oc1ccc(F)cc1NC(=O)CC1COCCN1.Cl. The third-order valence-electron chi connectivity index (χ3n) is 4.18. The van der Waals surface area contributed by atoms with E-state index in [2.05, 4.69) is 10.6 Å². The van der Waals surface area contributed by atoms with Gasteiger partial charge in [0, 0.05) is 25.1 Å². The van der Waals surface area contributed by atoms with E-state index >= 15 is 0 Å². The first-order valence-corrected chi connectivity index (χ1v) is 8.78. The Morgan fingerprint density at radius 2 is 2.04 bits per heavy atom. The van der Waals surface area contributed by atoms with Crippen LogP contribution in [0.15, 0.2) is 36.4 Å². The number of halogens is 2. The molecule has 8 heteroatoms. The number of carbonyl (C=O) groups excluding carboxylic acids is 1. The Bertz CT molecular complexity index is 813. The van der Waals surface area contributed by atoms with Crippen molar-refractivity contribution in [1.82, 2.24) is 5.32 Å². The molecule has 0 spiro atoms. The number of ether oxygens (including phenoxy) is 3. The lowest BCUT2D eigenvalue weighted by molar-refractivity contribution is -0.117. The van der Waals surface area contributed by atoms with Gasteiger partial charge in [0.2, 0.25) is 5.91 Å². The number of aryl methyl sites for hydroxylation is 1. The van der Waals surface area contributed by atoms with Gasteiger partial charge in [0.1, 0.15) is 5.82 Å². The molecule has 1 heterocycles. The molecule has 1 saturated heterocycles. The summed E-state index contributed by atoms with van der Waals surface area (Å²) in [5.41, 5.74) is 1.29. The van der Waals surface area contributed by atoms with Gasteiger partial charge in [-0.25, -0.2) is 4.39 Å². The number of hydrogen-bond donors (Lipinski definition) is 2. The Morgan fingerprint density at radius 1 is 1.25 bits per heavy atom. The molecule has 0 aliphatic carbocycles. The normalized spacial score (nSPS) is 16.0. The fraction of sp³-hybridized carbons (Fsp3) is 0.350. The lowest BCUT2D eigenvalue weighted by Gasteiger charge is -2.23. The van der Waals surface area contributed by atoms with Crippen molar-refractivity contribution >= 4 is 24.0 Å². The molecule has 152 valence electrons. The number of nitrogens with one attached hydrogen (secondary N) is 2. The highest BCUT2D eigenvalue weighted by Gasteiger charge is 2.19. The topological polar surface area (TPSA) is 68.8 Å². The number of benzene rings is 2. The number of carbonyl (C=O) groups is 1. The summed E-state index contributed by atoms with van der Waals surface area (Å²) < 4.78 is 30.3. The molecule has 1 aliphatic rings. The molecule has 6 nitrogen and oxygen atoms in total. The highest BCUT2D eigenvalue weighted by atomic mass is 35.5. The van der Waals surface area contributed by atoms with E-state index in [0.717, 1.165) is 5.56 Å². The zero-order chi connectivity index (χ0) is 19.2. The average Bonchev–Trinajstić information content (AvgIpc) is 2.65. The van der Waals surface area contributed by atoms with Crippen molar-refractivity contribution in [2.24, 2.45) is 0 Å². The lowest BCUT2D eigenvalue weighted by Crippen LogP contribution is -2.43. The first kappa shape index (κ1) is 21.9. The number of anilines is 1. The van der Waals surface area contributed by atoms with Gasteiger partial charge in [-0.1, -0.05) is 6.07 Å². The second-order valence-corrected chi connectivity index (χ2v) is 6.38. The van der Waals surface area contributed by atoms with Gasteiger partial charge < -0.3 is 24.8 Å². The van der Waals surface area contributed by atoms with Crippen LogP contribution in [0.3, 0.4) is 0 Å². The van der Waals surface area contributed by atoms with E-state index in [-0.39, 0.29) is 36.5 Å². The summed E-state index contributed by atoms with van der Waals surface area (Å²) in [6.45, 7) is 3.76. The van der Waals surface area contributed by atoms with Crippen LogP contribution in [0.25, 0.3) is 0 Å². The van der Waals surface area contributed by atoms with Crippen molar-refractivity contribution in [2.75, 3.05) is 32.2 Å². The summed E-state index contributed by atoms with van der Waals surface area (Å²) >= 11 is 0. The van der Waals surface area contributed by atoms with Crippen LogP contribution in [0.4, 0.5) is 10.1 Å². The first-order chi connectivity index (χ1) is 13.0. The molecular weight excluding hydrogens is 387 g/mol. The molecule has 0 aromatic heterocycles. The number of methoxy groups -OCH3 is 1. The molecule has 1 atom stereocenters. The van der Waals surface area contributed by atoms with Crippen molar-refractivity contribution in [3.8, 4) is 17.2 Å². The molecule has 1 unspecified atom stereocenters. The van der Waals surface area contributed by atoms with E-state index in [1.54, 1.807) is 13.2 Å². The number of hydrogen-bond acceptors (Lipinski definition) is 5. The summed E-state index contributed by atoms with van der Waals surface area (Å²) in [6.07, 6.45) is 0.226. The maximum atomic E-state index is 13.7. The van der Waals surface area contributed by atoms with Crippen LogP contribution in [-0.2, 0) is 9.53 Å². The molecule has 2 N–H and O–H groups in total. The minimum Gasteiger partial charge on any atom is -0.493 e. The maximum Gasteiger partial charge on any atom is 0.226 e. The summed E-state index contributed by atoms with van der Waals surface area (Å²) in [7, 11) is 1.55. The molecular formula is C20H24ClFN2O4. The summed E-state index contributed by atoms with van der Waals surface area (Å²) in [5.74, 6) is 0.657. The van der Waals surface area contributed by atoms with Crippen molar-refractivity contribution in [2.45, 2.75) is 19.4 Å². The Morgan fingerprint density at radius 3 is 2.75 bits per heavy atom. The van der Waals surface area contributed by atoms with Crippen molar-refractivity contribution < 1.29 is 23.4 Å². The number of morpholine rings is 1. The molecule has 1 amide bonds. The Labute approximate surface area is 169 Å². The Kier molecular flexibility index (Phi) is 8.04. The molecule has 28 heavy (non-hydrogen) atoms. The van der Waals surface area contributed by atoms with Crippen LogP contribution in [0.1, 0.15) is 12.0 Å². The highest BCUT2D eigenvalue weighted by Crippen LogP contribution is 2.36. The van der Waals surface area contributed by atoms with Crippen LogP contribution >= 0.6 is 12.4 Å². The highest BCUT2D eigenvalue weighted by molar-refractivity contribution is 5.92. The minimum absolute atomic E-state index is 0. The fourth-order valence-electron chi connectivity index (χ4n) is 2.84. The van der Waals surface area contributed by atoms with Crippen LogP contribution < -0.4 is 20.1 Å². The van der Waals surface area contributed by atoms with Gasteiger partial charge >= 0.3 is 0 Å². The summed E-state index contributed by atoms with van der Waals surface area (Å²) in [5, 5.41) is 5.94. The Balaban J connectivity index is 0.00000280. The zero-order valence-electron chi connectivity index (χ0n) is 15.8. The fourth-order valence-corrected chi connectivity index (χ4v) is 2.84. The second-order valence-electron chi connectivity index (χ2n) is 6.38. The van der Waals surface area contributed by atoms with Crippen LogP contribution in [0, 0.1) is 12.7 Å². The first-order valence-electron chi connectivity index (χ1n) is 8.78. The average molecular weight is 411 g/mol. The predicted molar refractivity (Wildman–Crippen MR) is 107 cm³/mol. The zero-order valence-corrected chi connectivity index (χ0v) is 16.6. The van der Waals surface area contributed by atoms with Gasteiger partial charge in [0.25, 0.3) is 0 Å². The van der Waals surface area contributed by atoms with Crippen LogP contribution in [0.2, 0.25) is 0 Å². The standard InChI is InChI=1S/C20H23FN2O4.ClH/c1-13-3-5-18(19(9-13)25-2)27-17-6-4-14(21)10-16(17)23-20(24)11-15-12-26-8-7-22-15;/h3-6,9-10,15,22H,7-8,11-12H2,1-2H3,(H,23,24);1H. The van der Waals surface area contributed by atoms with Gasteiger partial charge in [-0.05, 0) is 36.8 Å². The van der Waals surface area contributed by atoms with Gasteiger partial charge in [0.05, 0.1) is 26.0 Å². The third-order valence-corrected chi connectivity index (χ3v) is 4.18. The van der Waals surface area contributed by atoms with Crippen molar-refractivity contribution in [1.29, 1.82) is 0 Å². The minimum atomic E-state index is -0.465. The maximum absolute atomic E-state index is 13.7. The van der Waals surface area contributed by atoms with E-state index in [1.165, 1.54) is 18.2 Å². The molecule has 2 aromatic rings. The second kappa shape index (κ2) is 10.3. The molecule has 0 saturated carbocycles. The van der Waals surface area contributed by atoms with E-state index in [0.29, 0.717) is 37.0 Å². The quantitative estimate of drug-likeness (QED) is 0.760. The van der Waals surface area contributed by atoms with Gasteiger partial charge in [-0.2, -0.15) is 0 Å². The number of amides is 1. The number of rotatable bonds is 6. The van der Waals surface area contributed by atoms with E-state index in [1.807, 2.05) is 19.1 Å². The van der Waals surface area contributed by atoms with E-state index < -0.39 is 5.82 Å². The van der Waals surface area contributed by atoms with E-state index in [4.69, 9.17) is 14.2 Å². The van der Waals surface area contributed by atoms with Crippen LogP contribution in [-0.4, -0.2) is 38.8 Å². The molecule has 3 rings (SSSR count). The van der Waals surface area contributed by atoms with Crippen molar-refractivity contribution in [3.05, 3.63) is 47.8 Å². The van der Waals surface area contributed by atoms with Crippen molar-refractivity contribution in [3.63, 3.8) is 0 Å². The summed E-state index contributed by atoms with van der Waals surface area (Å²) in [4.78, 5) is 12.4. The molecule has 0 bridgehead atoms. The monoisotopic (exact) mass is 410 g/mol. The van der Waals surface area contributed by atoms with Gasteiger partial charge in [0.15, 0.2) is 17.2 Å². The molecule has 2 aromatic carbocycles. The van der Waals surface area contributed by atoms with E-state index in [9.17, 15) is 9.18 Å². The molecule has 1 fully saturated rings. The third kappa shape index (κ3) is 5.82. The van der Waals surface area contributed by atoms with Crippen LogP contribution in [0.5, 0.6) is 17.2 Å². The molecule has 1 aliphatic heterocycles. The van der Waals surface area contributed by atoms with Gasteiger partial charge in [-0.3, -0.25) is 4.79 Å². The Hall–Kier alpha value is -2.35. The molecule has 0 radical (unpaired) electrons. The largest absolute Gasteiger partial charge is 0.493 e. The van der Waals surface area contributed by atoms with Gasteiger partial charge in [-0.15, -0.1) is 12.4 Å².